The van der Waals surface area contributed by atoms with Crippen LogP contribution in [0.25, 0.3) is 16.9 Å². The molecule has 0 atom stereocenters. The molecule has 0 fully saturated rings. The molecule has 3 rings (SSSR count). The van der Waals surface area contributed by atoms with E-state index < -0.39 is 5.69 Å². The van der Waals surface area contributed by atoms with Gasteiger partial charge in [-0.1, -0.05) is 0 Å². The van der Waals surface area contributed by atoms with Crippen LogP contribution in [-0.4, -0.2) is 34.8 Å². The molecule has 8 nitrogen and oxygen atoms in total. The molecule has 0 aliphatic carbocycles. The molecule has 3 aromatic heterocycles. The van der Waals surface area contributed by atoms with Gasteiger partial charge in [-0.3, -0.25) is 18.3 Å². The first-order valence-electron chi connectivity index (χ1n) is 8.11. The number of aliphatic hydroxyl groups excluding tert-OH is 1. The molecule has 0 amide bonds. The number of aromatic nitrogens is 5. The highest BCUT2D eigenvalue weighted by Crippen LogP contribution is 2.23. The van der Waals surface area contributed by atoms with Gasteiger partial charge in [0.25, 0.3) is 5.56 Å². The van der Waals surface area contributed by atoms with Gasteiger partial charge in [-0.25, -0.2) is 4.79 Å². The Hall–Kier alpha value is -2.35. The van der Waals surface area contributed by atoms with Crippen LogP contribution in [0.4, 0.5) is 0 Å². The van der Waals surface area contributed by atoms with Gasteiger partial charge in [-0.05, 0) is 34.1 Å². The van der Waals surface area contributed by atoms with Crippen molar-refractivity contribution in [3.8, 4) is 0 Å². The quantitative estimate of drug-likeness (QED) is 0.762. The molecule has 0 aliphatic heterocycles. The van der Waals surface area contributed by atoms with Crippen LogP contribution in [0.15, 0.2) is 9.59 Å². The van der Waals surface area contributed by atoms with Crippen LogP contribution in [-0.2, 0) is 13.6 Å². The third kappa shape index (κ3) is 2.06. The highest BCUT2D eigenvalue weighted by atomic mass is 16.3. The minimum atomic E-state index is -0.410. The summed E-state index contributed by atoms with van der Waals surface area (Å²) in [5.74, 6) is 0.669. The van der Waals surface area contributed by atoms with Gasteiger partial charge in [0.05, 0.1) is 0 Å². The summed E-state index contributed by atoms with van der Waals surface area (Å²) in [5, 5.41) is 9.02. The minimum absolute atomic E-state index is 0.0721. The standard InChI is InChI=1S/C16H23N5O3/c1-9(2)20-10(3)11(4)21-12-13(17-15(20)21)18(5)16(24)19(14(12)23)7-6-8-22/h9,22H,6-8H2,1-5H3. The van der Waals surface area contributed by atoms with Crippen LogP contribution in [0.1, 0.15) is 37.7 Å². The van der Waals surface area contributed by atoms with Gasteiger partial charge in [0.15, 0.2) is 11.2 Å². The number of imidazole rings is 2. The van der Waals surface area contributed by atoms with E-state index in [1.165, 1.54) is 9.13 Å². The SMILES string of the molecule is Cc1c(C)n2c3c(=O)n(CCCO)c(=O)n(C)c3nc2n1C(C)C. The highest BCUT2D eigenvalue weighted by Gasteiger charge is 2.23. The average molecular weight is 333 g/mol. The number of aliphatic hydroxyl groups is 1. The van der Waals surface area contributed by atoms with E-state index in [-0.39, 0.29) is 24.8 Å². The lowest BCUT2D eigenvalue weighted by Gasteiger charge is -2.10. The van der Waals surface area contributed by atoms with Crippen molar-refractivity contribution in [3.63, 3.8) is 0 Å². The molecule has 1 N–H and O–H groups in total. The van der Waals surface area contributed by atoms with E-state index in [9.17, 15) is 9.59 Å². The maximum absolute atomic E-state index is 12.9. The van der Waals surface area contributed by atoms with Crippen LogP contribution in [0, 0.1) is 13.8 Å². The lowest BCUT2D eigenvalue weighted by Crippen LogP contribution is -2.39. The molecule has 8 heteroatoms. The highest BCUT2D eigenvalue weighted by molar-refractivity contribution is 5.76. The number of fused-ring (bicyclic) bond motifs is 3. The molecule has 0 bridgehead atoms. The Kier molecular flexibility index (Phi) is 3.87. The van der Waals surface area contributed by atoms with Gasteiger partial charge >= 0.3 is 5.69 Å². The lowest BCUT2D eigenvalue weighted by atomic mass is 10.3. The fraction of sp³-hybridized carbons (Fsp3) is 0.562. The van der Waals surface area contributed by atoms with Gasteiger partial charge < -0.3 is 9.67 Å². The van der Waals surface area contributed by atoms with Crippen molar-refractivity contribution in [2.45, 2.75) is 46.7 Å². The summed E-state index contributed by atoms with van der Waals surface area (Å²) >= 11 is 0. The molecule has 0 spiro atoms. The average Bonchev–Trinajstić information content (AvgIpc) is 3.02. The Bertz CT molecular complexity index is 1050. The van der Waals surface area contributed by atoms with Crippen molar-refractivity contribution in [2.24, 2.45) is 7.05 Å². The molecular formula is C16H23N5O3. The zero-order valence-electron chi connectivity index (χ0n) is 14.7. The van der Waals surface area contributed by atoms with Crippen LogP contribution in [0.5, 0.6) is 0 Å². The molecule has 0 saturated heterocycles. The van der Waals surface area contributed by atoms with Crippen molar-refractivity contribution in [1.29, 1.82) is 0 Å². The smallest absolute Gasteiger partial charge is 0.332 e. The molecule has 130 valence electrons. The van der Waals surface area contributed by atoms with Gasteiger partial charge in [0, 0.05) is 37.6 Å². The van der Waals surface area contributed by atoms with Gasteiger partial charge in [-0.2, -0.15) is 4.98 Å². The van der Waals surface area contributed by atoms with E-state index in [4.69, 9.17) is 5.11 Å². The maximum atomic E-state index is 12.9. The summed E-state index contributed by atoms with van der Waals surface area (Å²) in [4.78, 5) is 30.0. The summed E-state index contributed by atoms with van der Waals surface area (Å²) in [6.45, 7) is 8.19. The second-order valence-electron chi connectivity index (χ2n) is 6.43. The largest absolute Gasteiger partial charge is 0.396 e. The molecule has 3 aromatic rings. The zero-order chi connectivity index (χ0) is 17.8. The minimum Gasteiger partial charge on any atom is -0.396 e. The molecule has 0 saturated carbocycles. The fourth-order valence-electron chi connectivity index (χ4n) is 3.32. The second kappa shape index (κ2) is 5.62. The molecule has 24 heavy (non-hydrogen) atoms. The van der Waals surface area contributed by atoms with E-state index in [2.05, 4.69) is 23.4 Å². The van der Waals surface area contributed by atoms with Gasteiger partial charge in [0.1, 0.15) is 0 Å². The maximum Gasteiger partial charge on any atom is 0.332 e. The molecule has 0 unspecified atom stereocenters. The number of hydrogen-bond acceptors (Lipinski definition) is 4. The molecule has 3 heterocycles. The molecule has 0 aromatic carbocycles. The van der Waals surface area contributed by atoms with Crippen LogP contribution in [0.2, 0.25) is 0 Å². The first-order chi connectivity index (χ1) is 11.3. The Balaban J connectivity index is 2.52. The van der Waals surface area contributed by atoms with E-state index >= 15 is 0 Å². The van der Waals surface area contributed by atoms with E-state index in [1.54, 1.807) is 7.05 Å². The van der Waals surface area contributed by atoms with Crippen LogP contribution in [0.3, 0.4) is 0 Å². The number of aryl methyl sites for hydroxylation is 2. The number of hydrogen-bond donors (Lipinski definition) is 1. The van der Waals surface area contributed by atoms with Crippen molar-refractivity contribution < 1.29 is 5.11 Å². The van der Waals surface area contributed by atoms with Crippen molar-refractivity contribution in [2.75, 3.05) is 6.61 Å². The topological polar surface area (TPSA) is 86.5 Å². The van der Waals surface area contributed by atoms with Crippen LogP contribution < -0.4 is 11.2 Å². The molecule has 0 aliphatic rings. The summed E-state index contributed by atoms with van der Waals surface area (Å²) in [6, 6.07) is 0.187. The van der Waals surface area contributed by atoms with Crippen molar-refractivity contribution in [1.82, 2.24) is 23.1 Å². The fourth-order valence-corrected chi connectivity index (χ4v) is 3.32. The molecular weight excluding hydrogens is 310 g/mol. The first kappa shape index (κ1) is 16.5. The normalized spacial score (nSPS) is 12.1. The third-order valence-electron chi connectivity index (χ3n) is 4.62. The van der Waals surface area contributed by atoms with E-state index in [1.807, 2.05) is 18.2 Å². The summed E-state index contributed by atoms with van der Waals surface area (Å²) in [5.41, 5.74) is 2.00. The van der Waals surface area contributed by atoms with E-state index in [0.29, 0.717) is 23.4 Å². The summed E-state index contributed by atoms with van der Waals surface area (Å²) in [6.07, 6.45) is 0.355. The Morgan fingerprint density at radius 1 is 1.17 bits per heavy atom. The first-order valence-corrected chi connectivity index (χ1v) is 8.11. The lowest BCUT2D eigenvalue weighted by molar-refractivity contribution is 0.277. The Morgan fingerprint density at radius 3 is 2.42 bits per heavy atom. The predicted octanol–water partition coefficient (Wildman–Crippen LogP) is 0.730. The number of nitrogens with zero attached hydrogens (tertiary/aromatic N) is 5. The van der Waals surface area contributed by atoms with Gasteiger partial charge in [-0.15, -0.1) is 0 Å². The summed E-state index contributed by atoms with van der Waals surface area (Å²) in [7, 11) is 1.62. The third-order valence-corrected chi connectivity index (χ3v) is 4.62. The zero-order valence-corrected chi connectivity index (χ0v) is 14.7. The Morgan fingerprint density at radius 2 is 1.83 bits per heavy atom. The van der Waals surface area contributed by atoms with E-state index in [0.717, 1.165) is 11.4 Å². The predicted molar refractivity (Wildman–Crippen MR) is 91.8 cm³/mol. The van der Waals surface area contributed by atoms with Crippen molar-refractivity contribution >= 4 is 16.9 Å². The van der Waals surface area contributed by atoms with Crippen LogP contribution >= 0.6 is 0 Å². The Labute approximate surface area is 138 Å². The van der Waals surface area contributed by atoms with Crippen molar-refractivity contribution in [3.05, 3.63) is 32.2 Å². The number of rotatable bonds is 4. The second-order valence-corrected chi connectivity index (χ2v) is 6.43. The summed E-state index contributed by atoms with van der Waals surface area (Å²) < 4.78 is 6.48. The monoisotopic (exact) mass is 333 g/mol. The van der Waals surface area contributed by atoms with Gasteiger partial charge in [0.2, 0.25) is 5.78 Å². The molecule has 0 radical (unpaired) electrons.